The average Bonchev–Trinajstić information content (AvgIpc) is 2.61. The molecule has 0 aliphatic heterocycles. The largest absolute Gasteiger partial charge is 0.310 e. The van der Waals surface area contributed by atoms with Gasteiger partial charge in [0.2, 0.25) is 5.91 Å². The van der Waals surface area contributed by atoms with E-state index < -0.39 is 0 Å². The van der Waals surface area contributed by atoms with Crippen molar-refractivity contribution >= 4 is 23.3 Å². The van der Waals surface area contributed by atoms with Crippen molar-refractivity contribution in [3.63, 3.8) is 0 Å². The second-order valence-corrected chi connectivity index (χ2v) is 5.82. The fourth-order valence-corrected chi connectivity index (χ4v) is 2.50. The maximum atomic E-state index is 12.2. The van der Waals surface area contributed by atoms with E-state index in [-0.39, 0.29) is 18.5 Å². The molecule has 0 aliphatic carbocycles. The molecule has 2 aromatic rings. The molecule has 2 rings (SSSR count). The van der Waals surface area contributed by atoms with E-state index in [1.54, 1.807) is 24.3 Å². The SMILES string of the molecule is CCN(CC(=O)Nc1ccc(Cl)cn1)C(C)c1ccc(C#N)cc1. The fraction of sp³-hybridized carbons (Fsp3) is 0.278. The number of hydrogen-bond donors (Lipinski definition) is 1. The van der Waals surface area contributed by atoms with Crippen molar-refractivity contribution in [3.05, 3.63) is 58.7 Å². The average molecular weight is 343 g/mol. The van der Waals surface area contributed by atoms with E-state index in [0.29, 0.717) is 16.4 Å². The molecule has 0 spiro atoms. The summed E-state index contributed by atoms with van der Waals surface area (Å²) in [5.74, 6) is 0.346. The van der Waals surface area contributed by atoms with Gasteiger partial charge < -0.3 is 5.32 Å². The summed E-state index contributed by atoms with van der Waals surface area (Å²) in [4.78, 5) is 18.3. The number of carbonyl (C=O) groups excluding carboxylic acids is 1. The smallest absolute Gasteiger partial charge is 0.239 e. The Morgan fingerprint density at radius 1 is 1.33 bits per heavy atom. The lowest BCUT2D eigenvalue weighted by molar-refractivity contribution is -0.117. The zero-order chi connectivity index (χ0) is 17.5. The normalized spacial score (nSPS) is 11.8. The quantitative estimate of drug-likeness (QED) is 0.870. The molecule has 1 N–H and O–H groups in total. The van der Waals surface area contributed by atoms with Crippen molar-refractivity contribution in [3.8, 4) is 6.07 Å². The van der Waals surface area contributed by atoms with Crippen LogP contribution in [0.3, 0.4) is 0 Å². The van der Waals surface area contributed by atoms with E-state index in [4.69, 9.17) is 16.9 Å². The number of benzene rings is 1. The molecule has 6 heteroatoms. The van der Waals surface area contributed by atoms with Gasteiger partial charge in [-0.25, -0.2) is 4.98 Å². The Morgan fingerprint density at radius 2 is 2.04 bits per heavy atom. The predicted octanol–water partition coefficient (Wildman–Crippen LogP) is 3.63. The highest BCUT2D eigenvalue weighted by atomic mass is 35.5. The zero-order valence-corrected chi connectivity index (χ0v) is 14.4. The molecule has 0 aliphatic rings. The van der Waals surface area contributed by atoms with E-state index in [2.05, 4.69) is 16.4 Å². The van der Waals surface area contributed by atoms with Crippen LogP contribution in [0.1, 0.15) is 31.0 Å². The van der Waals surface area contributed by atoms with E-state index >= 15 is 0 Å². The van der Waals surface area contributed by atoms with E-state index in [0.717, 1.165) is 12.1 Å². The summed E-state index contributed by atoms with van der Waals surface area (Å²) in [7, 11) is 0. The number of rotatable bonds is 6. The first-order valence-corrected chi connectivity index (χ1v) is 8.06. The second-order valence-electron chi connectivity index (χ2n) is 5.38. The number of nitriles is 1. The maximum absolute atomic E-state index is 12.2. The third kappa shape index (κ3) is 4.79. The lowest BCUT2D eigenvalue weighted by Crippen LogP contribution is -2.35. The Bertz CT molecular complexity index is 722. The van der Waals surface area contributed by atoms with Gasteiger partial charge in [0.05, 0.1) is 23.2 Å². The van der Waals surface area contributed by atoms with E-state index in [1.165, 1.54) is 6.20 Å². The summed E-state index contributed by atoms with van der Waals surface area (Å²) >= 11 is 5.78. The summed E-state index contributed by atoms with van der Waals surface area (Å²) in [5, 5.41) is 12.2. The minimum atomic E-state index is -0.132. The van der Waals surface area contributed by atoms with Gasteiger partial charge in [0.15, 0.2) is 0 Å². The number of nitrogens with one attached hydrogen (secondary N) is 1. The van der Waals surface area contributed by atoms with Crippen molar-refractivity contribution in [1.29, 1.82) is 5.26 Å². The molecule has 1 unspecified atom stereocenters. The molecule has 0 fully saturated rings. The first kappa shape index (κ1) is 17.9. The van der Waals surface area contributed by atoms with Crippen molar-refractivity contribution < 1.29 is 4.79 Å². The number of hydrogen-bond acceptors (Lipinski definition) is 4. The zero-order valence-electron chi connectivity index (χ0n) is 13.7. The molecule has 1 aromatic heterocycles. The predicted molar refractivity (Wildman–Crippen MR) is 94.7 cm³/mol. The molecular weight excluding hydrogens is 324 g/mol. The van der Waals surface area contributed by atoms with Crippen molar-refractivity contribution in [2.45, 2.75) is 19.9 Å². The lowest BCUT2D eigenvalue weighted by Gasteiger charge is -2.27. The van der Waals surface area contributed by atoms with Crippen LogP contribution in [0.15, 0.2) is 42.6 Å². The van der Waals surface area contributed by atoms with Crippen LogP contribution >= 0.6 is 11.6 Å². The summed E-state index contributed by atoms with van der Waals surface area (Å²) < 4.78 is 0. The number of nitrogens with zero attached hydrogens (tertiary/aromatic N) is 3. The van der Waals surface area contributed by atoms with E-state index in [9.17, 15) is 4.79 Å². The van der Waals surface area contributed by atoms with Gasteiger partial charge in [-0.05, 0) is 43.3 Å². The lowest BCUT2D eigenvalue weighted by atomic mass is 10.1. The Kier molecular flexibility index (Phi) is 6.30. The van der Waals surface area contributed by atoms with Crippen molar-refractivity contribution in [2.75, 3.05) is 18.4 Å². The second kappa shape index (κ2) is 8.44. The van der Waals surface area contributed by atoms with Crippen molar-refractivity contribution in [2.24, 2.45) is 0 Å². The number of carbonyl (C=O) groups is 1. The number of halogens is 1. The number of anilines is 1. The van der Waals surface area contributed by atoms with Gasteiger partial charge in [-0.1, -0.05) is 30.7 Å². The Hall–Kier alpha value is -2.42. The monoisotopic (exact) mass is 342 g/mol. The van der Waals surface area contributed by atoms with Crippen LogP contribution in [0, 0.1) is 11.3 Å². The summed E-state index contributed by atoms with van der Waals surface area (Å²) in [5.41, 5.74) is 1.69. The Morgan fingerprint density at radius 3 is 2.58 bits per heavy atom. The van der Waals surface area contributed by atoms with E-state index in [1.807, 2.05) is 30.9 Å². The highest BCUT2D eigenvalue weighted by Gasteiger charge is 2.17. The van der Waals surface area contributed by atoms with Crippen LogP contribution in [-0.4, -0.2) is 28.9 Å². The fourth-order valence-electron chi connectivity index (χ4n) is 2.39. The van der Waals surface area contributed by atoms with Gasteiger partial charge in [0.1, 0.15) is 5.82 Å². The topological polar surface area (TPSA) is 69.0 Å². The molecule has 1 atom stereocenters. The number of aromatic nitrogens is 1. The van der Waals surface area contributed by atoms with Crippen molar-refractivity contribution in [1.82, 2.24) is 9.88 Å². The van der Waals surface area contributed by atoms with Gasteiger partial charge in [0.25, 0.3) is 0 Å². The number of likely N-dealkylation sites (N-methyl/N-ethyl adjacent to an activating group) is 1. The van der Waals surface area contributed by atoms with Crippen LogP contribution in [0.25, 0.3) is 0 Å². The molecule has 0 radical (unpaired) electrons. The summed E-state index contributed by atoms with van der Waals surface area (Å²) in [6.07, 6.45) is 1.49. The number of amides is 1. The van der Waals surface area contributed by atoms with Crippen LogP contribution in [0.4, 0.5) is 5.82 Å². The third-order valence-electron chi connectivity index (χ3n) is 3.82. The molecular formula is C18H19ClN4O. The first-order chi connectivity index (χ1) is 11.5. The standard InChI is InChI=1S/C18H19ClN4O/c1-3-23(13(2)15-6-4-14(10-20)5-7-15)12-18(24)22-17-9-8-16(19)11-21-17/h4-9,11,13H,3,12H2,1-2H3,(H,21,22,24). The minimum absolute atomic E-state index is 0.0617. The summed E-state index contributed by atoms with van der Waals surface area (Å²) in [6, 6.07) is 12.9. The molecule has 0 bridgehead atoms. The molecule has 1 heterocycles. The van der Waals surface area contributed by atoms with Crippen LogP contribution in [0.2, 0.25) is 5.02 Å². The molecule has 1 amide bonds. The molecule has 0 saturated heterocycles. The maximum Gasteiger partial charge on any atom is 0.239 e. The highest BCUT2D eigenvalue weighted by molar-refractivity contribution is 6.30. The highest BCUT2D eigenvalue weighted by Crippen LogP contribution is 2.20. The molecule has 5 nitrogen and oxygen atoms in total. The Labute approximate surface area is 146 Å². The van der Waals surface area contributed by atoms with Crippen LogP contribution in [-0.2, 0) is 4.79 Å². The van der Waals surface area contributed by atoms with Gasteiger partial charge in [0, 0.05) is 12.2 Å². The van der Waals surface area contributed by atoms with Gasteiger partial charge >= 0.3 is 0 Å². The first-order valence-electron chi connectivity index (χ1n) is 7.69. The van der Waals surface area contributed by atoms with Gasteiger partial charge in [-0.2, -0.15) is 5.26 Å². The van der Waals surface area contributed by atoms with Crippen LogP contribution in [0.5, 0.6) is 0 Å². The molecule has 1 aromatic carbocycles. The van der Waals surface area contributed by atoms with Gasteiger partial charge in [-0.3, -0.25) is 9.69 Å². The third-order valence-corrected chi connectivity index (χ3v) is 4.04. The molecule has 0 saturated carbocycles. The Balaban J connectivity index is 2.00. The minimum Gasteiger partial charge on any atom is -0.310 e. The molecule has 124 valence electrons. The summed E-state index contributed by atoms with van der Waals surface area (Å²) in [6.45, 7) is 5.03. The van der Waals surface area contributed by atoms with Crippen LogP contribution < -0.4 is 5.32 Å². The van der Waals surface area contributed by atoms with Gasteiger partial charge in [-0.15, -0.1) is 0 Å². The number of pyridine rings is 1. The molecule has 24 heavy (non-hydrogen) atoms.